The van der Waals surface area contributed by atoms with E-state index in [9.17, 15) is 19.8 Å². The highest BCUT2D eigenvalue weighted by Gasteiger charge is 2.59. The van der Waals surface area contributed by atoms with E-state index in [1.54, 1.807) is 32.2 Å². The number of carbonyl (C=O) groups is 2. The van der Waals surface area contributed by atoms with Crippen molar-refractivity contribution in [2.75, 3.05) is 0 Å². The van der Waals surface area contributed by atoms with E-state index in [4.69, 9.17) is 0 Å². The molecule has 0 radical (unpaired) electrons. The number of carboxylic acids is 1. The van der Waals surface area contributed by atoms with Gasteiger partial charge in [0.1, 0.15) is 10.7 Å². The van der Waals surface area contributed by atoms with Gasteiger partial charge in [0.25, 0.3) is 0 Å². The SMILES string of the molecule is CC(C)(O)[C@@H]1C(=O)N2C(C(=O)O)=C(Sc3ccccn3)C[C@H]12. The number of carbonyl (C=O) groups excluding carboxylic acids is 1. The summed E-state index contributed by atoms with van der Waals surface area (Å²) in [5.41, 5.74) is -1.14. The van der Waals surface area contributed by atoms with E-state index in [1.807, 2.05) is 6.07 Å². The molecule has 7 heteroatoms. The molecule has 6 nitrogen and oxygen atoms in total. The highest BCUT2D eigenvalue weighted by atomic mass is 32.2. The Labute approximate surface area is 131 Å². The minimum atomic E-state index is -1.16. The summed E-state index contributed by atoms with van der Waals surface area (Å²) in [5.74, 6) is -2.02. The van der Waals surface area contributed by atoms with Crippen LogP contribution in [0.4, 0.5) is 0 Å². The number of aliphatic hydroxyl groups is 1. The molecule has 1 amide bonds. The second kappa shape index (κ2) is 5.10. The molecule has 3 rings (SSSR count). The van der Waals surface area contributed by atoms with Gasteiger partial charge in [-0.2, -0.15) is 0 Å². The normalized spacial score (nSPS) is 24.3. The predicted molar refractivity (Wildman–Crippen MR) is 79.8 cm³/mol. The predicted octanol–water partition coefficient (Wildman–Crippen LogP) is 1.47. The van der Waals surface area contributed by atoms with Crippen molar-refractivity contribution in [1.82, 2.24) is 9.88 Å². The van der Waals surface area contributed by atoms with Crippen LogP contribution in [0.5, 0.6) is 0 Å². The van der Waals surface area contributed by atoms with Crippen LogP contribution in [-0.2, 0) is 9.59 Å². The molecule has 1 aromatic heterocycles. The number of carboxylic acid groups (broad SMARTS) is 1. The summed E-state index contributed by atoms with van der Waals surface area (Å²) in [6.45, 7) is 3.16. The van der Waals surface area contributed by atoms with Gasteiger partial charge >= 0.3 is 5.97 Å². The first kappa shape index (κ1) is 15.1. The minimum Gasteiger partial charge on any atom is -0.477 e. The molecule has 1 fully saturated rings. The van der Waals surface area contributed by atoms with E-state index in [0.717, 1.165) is 0 Å². The number of β-lactam (4-membered cyclic amide) rings is 1. The second-order valence-corrected chi connectivity index (χ2v) is 7.07. The van der Waals surface area contributed by atoms with Crippen molar-refractivity contribution in [3.05, 3.63) is 35.0 Å². The molecule has 0 unspecified atom stereocenters. The number of aromatic nitrogens is 1. The smallest absolute Gasteiger partial charge is 0.353 e. The molecule has 0 aromatic carbocycles. The van der Waals surface area contributed by atoms with Gasteiger partial charge in [0.05, 0.1) is 17.6 Å². The molecule has 0 bridgehead atoms. The first-order chi connectivity index (χ1) is 10.3. The van der Waals surface area contributed by atoms with Gasteiger partial charge in [-0.15, -0.1) is 0 Å². The fourth-order valence-electron chi connectivity index (χ4n) is 3.07. The molecule has 1 aromatic rings. The summed E-state index contributed by atoms with van der Waals surface area (Å²) >= 11 is 1.26. The zero-order chi connectivity index (χ0) is 16.1. The van der Waals surface area contributed by atoms with Crippen molar-refractivity contribution in [3.63, 3.8) is 0 Å². The van der Waals surface area contributed by atoms with Gasteiger partial charge in [-0.25, -0.2) is 9.78 Å². The number of aliphatic carboxylic acids is 1. The van der Waals surface area contributed by atoms with E-state index in [-0.39, 0.29) is 17.6 Å². The first-order valence-corrected chi connectivity index (χ1v) is 7.73. The quantitative estimate of drug-likeness (QED) is 0.817. The van der Waals surface area contributed by atoms with Crippen LogP contribution >= 0.6 is 11.8 Å². The summed E-state index contributed by atoms with van der Waals surface area (Å²) in [4.78, 5) is 29.9. The summed E-state index contributed by atoms with van der Waals surface area (Å²) in [6.07, 6.45) is 2.07. The fraction of sp³-hybridized carbons (Fsp3) is 0.400. The summed E-state index contributed by atoms with van der Waals surface area (Å²) < 4.78 is 0. The Kier molecular flexibility index (Phi) is 3.49. The molecule has 1 saturated heterocycles. The van der Waals surface area contributed by atoms with Crippen molar-refractivity contribution in [1.29, 1.82) is 0 Å². The summed E-state index contributed by atoms with van der Waals surface area (Å²) in [6, 6.07) is 5.11. The molecule has 3 heterocycles. The highest BCUT2D eigenvalue weighted by Crippen LogP contribution is 2.50. The van der Waals surface area contributed by atoms with Gasteiger partial charge in [0, 0.05) is 17.5 Å². The average Bonchev–Trinajstić information content (AvgIpc) is 2.72. The van der Waals surface area contributed by atoms with E-state index >= 15 is 0 Å². The largest absolute Gasteiger partial charge is 0.477 e. The topological polar surface area (TPSA) is 90.7 Å². The number of hydrogen-bond donors (Lipinski definition) is 2. The van der Waals surface area contributed by atoms with Crippen LogP contribution in [0.3, 0.4) is 0 Å². The second-order valence-electron chi connectivity index (χ2n) is 5.96. The first-order valence-electron chi connectivity index (χ1n) is 6.91. The van der Waals surface area contributed by atoms with Gasteiger partial charge in [-0.05, 0) is 26.0 Å². The molecule has 22 heavy (non-hydrogen) atoms. The molecule has 0 spiro atoms. The van der Waals surface area contributed by atoms with Crippen LogP contribution in [-0.4, -0.2) is 43.6 Å². The molecule has 2 aliphatic rings. The molecular formula is C15H16N2O4S. The Morgan fingerprint density at radius 2 is 2.18 bits per heavy atom. The number of pyridine rings is 1. The number of fused-ring (bicyclic) bond motifs is 1. The number of nitrogens with zero attached hydrogens (tertiary/aromatic N) is 2. The van der Waals surface area contributed by atoms with Crippen molar-refractivity contribution in [2.24, 2.45) is 5.92 Å². The van der Waals surface area contributed by atoms with E-state index in [2.05, 4.69) is 4.98 Å². The van der Waals surface area contributed by atoms with E-state index in [1.165, 1.54) is 16.7 Å². The molecule has 2 atom stereocenters. The number of thioether (sulfide) groups is 1. The molecule has 2 N–H and O–H groups in total. The van der Waals surface area contributed by atoms with E-state index < -0.39 is 17.5 Å². The molecule has 116 valence electrons. The fourth-order valence-corrected chi connectivity index (χ4v) is 4.12. The van der Waals surface area contributed by atoms with Crippen LogP contribution in [0.2, 0.25) is 0 Å². The lowest BCUT2D eigenvalue weighted by molar-refractivity contribution is -0.169. The summed E-state index contributed by atoms with van der Waals surface area (Å²) in [7, 11) is 0. The maximum Gasteiger partial charge on any atom is 0.353 e. The lowest BCUT2D eigenvalue weighted by Gasteiger charge is -2.48. The molecule has 0 saturated carbocycles. The number of hydrogen-bond acceptors (Lipinski definition) is 5. The zero-order valence-corrected chi connectivity index (χ0v) is 13.0. The van der Waals surface area contributed by atoms with Crippen LogP contribution in [0, 0.1) is 5.92 Å². The van der Waals surface area contributed by atoms with Gasteiger partial charge in [0.2, 0.25) is 5.91 Å². The number of rotatable bonds is 4. The Morgan fingerprint density at radius 3 is 2.73 bits per heavy atom. The minimum absolute atomic E-state index is 0.0196. The number of amides is 1. The van der Waals surface area contributed by atoms with Crippen LogP contribution in [0.15, 0.2) is 40.0 Å². The summed E-state index contributed by atoms with van der Waals surface area (Å²) in [5, 5.41) is 20.3. The van der Waals surface area contributed by atoms with Crippen molar-refractivity contribution in [3.8, 4) is 0 Å². The van der Waals surface area contributed by atoms with Gasteiger partial charge in [-0.1, -0.05) is 17.8 Å². The monoisotopic (exact) mass is 320 g/mol. The third-order valence-corrected chi connectivity index (χ3v) is 5.01. The van der Waals surface area contributed by atoms with Crippen LogP contribution < -0.4 is 0 Å². The van der Waals surface area contributed by atoms with Crippen LogP contribution in [0.1, 0.15) is 20.3 Å². The van der Waals surface area contributed by atoms with Crippen molar-refractivity contribution >= 4 is 23.6 Å². The Balaban J connectivity index is 1.91. The molecule has 0 aliphatic carbocycles. The maximum absolute atomic E-state index is 12.2. The Bertz CT molecular complexity index is 666. The maximum atomic E-state index is 12.2. The van der Waals surface area contributed by atoms with Gasteiger partial charge < -0.3 is 15.1 Å². The standard InChI is InChI=1S/C15H16N2O4S/c1-15(2,21)11-8-7-9(22-10-5-3-4-6-16-10)12(14(19)20)17(8)13(11)18/h3-6,8,11,21H,7H2,1-2H3,(H,19,20)/t8-,11+/m1/s1. The lowest BCUT2D eigenvalue weighted by Crippen LogP contribution is -2.65. The van der Waals surface area contributed by atoms with Crippen LogP contribution in [0.25, 0.3) is 0 Å². The van der Waals surface area contributed by atoms with Gasteiger partial charge in [0.15, 0.2) is 0 Å². The Hall–Kier alpha value is -1.86. The third-order valence-electron chi connectivity index (χ3n) is 3.95. The Morgan fingerprint density at radius 1 is 1.45 bits per heavy atom. The zero-order valence-electron chi connectivity index (χ0n) is 12.2. The van der Waals surface area contributed by atoms with Crippen molar-refractivity contribution < 1.29 is 19.8 Å². The average molecular weight is 320 g/mol. The highest BCUT2D eigenvalue weighted by molar-refractivity contribution is 8.03. The van der Waals surface area contributed by atoms with E-state index in [0.29, 0.717) is 16.4 Å². The van der Waals surface area contributed by atoms with Crippen molar-refractivity contribution in [2.45, 2.75) is 36.9 Å². The third kappa shape index (κ3) is 2.30. The molecular weight excluding hydrogens is 304 g/mol. The van der Waals surface area contributed by atoms with Gasteiger partial charge in [-0.3, -0.25) is 4.79 Å². The lowest BCUT2D eigenvalue weighted by atomic mass is 9.76. The molecule has 2 aliphatic heterocycles.